The lowest BCUT2D eigenvalue weighted by atomic mass is 10.1. The second kappa shape index (κ2) is 6.26. The Hall–Kier alpha value is -2.56. The Morgan fingerprint density at radius 1 is 1.29 bits per heavy atom. The number of methoxy groups -OCH3 is 2. The molecule has 0 aliphatic carbocycles. The molecule has 0 unspecified atom stereocenters. The van der Waals surface area contributed by atoms with E-state index < -0.39 is 0 Å². The first-order valence-electron chi connectivity index (χ1n) is 6.50. The zero-order valence-electron chi connectivity index (χ0n) is 12.6. The molecule has 0 saturated heterocycles. The summed E-state index contributed by atoms with van der Waals surface area (Å²) in [6.45, 7) is 1.95. The van der Waals surface area contributed by atoms with E-state index in [1.54, 1.807) is 42.3 Å². The molecule has 1 aromatic carbocycles. The number of allylic oxidation sites excluding steroid dienone is 1. The third-order valence-corrected chi connectivity index (χ3v) is 3.36. The van der Waals surface area contributed by atoms with Gasteiger partial charge in [0.25, 0.3) is 0 Å². The van der Waals surface area contributed by atoms with Gasteiger partial charge in [0.2, 0.25) is 0 Å². The van der Waals surface area contributed by atoms with Gasteiger partial charge in [0, 0.05) is 18.3 Å². The third kappa shape index (κ3) is 3.13. The number of benzene rings is 1. The van der Waals surface area contributed by atoms with Crippen LogP contribution in [0.5, 0.6) is 11.5 Å². The third-order valence-electron chi connectivity index (χ3n) is 3.36. The normalized spacial score (nSPS) is 10.9. The highest BCUT2D eigenvalue weighted by Gasteiger charge is 2.11. The molecule has 5 heteroatoms. The summed E-state index contributed by atoms with van der Waals surface area (Å²) >= 11 is 0. The summed E-state index contributed by atoms with van der Waals surface area (Å²) in [5, 5.41) is 4.14. The van der Waals surface area contributed by atoms with Crippen LogP contribution in [0, 0.1) is 6.92 Å². The van der Waals surface area contributed by atoms with Gasteiger partial charge in [0.15, 0.2) is 5.78 Å². The summed E-state index contributed by atoms with van der Waals surface area (Å²) < 4.78 is 12.1. The van der Waals surface area contributed by atoms with E-state index in [2.05, 4.69) is 5.10 Å². The van der Waals surface area contributed by atoms with Crippen molar-refractivity contribution in [2.24, 2.45) is 7.05 Å². The van der Waals surface area contributed by atoms with Crippen molar-refractivity contribution in [1.82, 2.24) is 9.78 Å². The fourth-order valence-corrected chi connectivity index (χ4v) is 1.94. The predicted octanol–water partition coefficient (Wildman–Crippen LogP) is 2.64. The molecule has 0 saturated carbocycles. The van der Waals surface area contributed by atoms with Gasteiger partial charge in [0.1, 0.15) is 11.5 Å². The summed E-state index contributed by atoms with van der Waals surface area (Å²) in [6, 6.07) is 5.14. The molecule has 5 nitrogen and oxygen atoms in total. The van der Waals surface area contributed by atoms with Gasteiger partial charge in [-0.05, 0) is 37.3 Å². The molecule has 2 rings (SSSR count). The summed E-state index contributed by atoms with van der Waals surface area (Å²) in [5.74, 6) is 0.993. The van der Waals surface area contributed by atoms with Crippen LogP contribution < -0.4 is 9.47 Å². The average molecular weight is 286 g/mol. The minimum absolute atomic E-state index is 0.144. The number of ether oxygens (including phenoxy) is 2. The number of rotatable bonds is 5. The van der Waals surface area contributed by atoms with Crippen molar-refractivity contribution < 1.29 is 14.3 Å². The number of ketones is 1. The van der Waals surface area contributed by atoms with E-state index in [4.69, 9.17) is 9.47 Å². The highest BCUT2D eigenvalue weighted by atomic mass is 16.5. The van der Waals surface area contributed by atoms with E-state index in [1.165, 1.54) is 13.2 Å². The zero-order chi connectivity index (χ0) is 15.4. The number of hydrogen-bond acceptors (Lipinski definition) is 4. The Kier molecular flexibility index (Phi) is 4.42. The minimum atomic E-state index is -0.144. The fraction of sp³-hybridized carbons (Fsp3) is 0.250. The van der Waals surface area contributed by atoms with Crippen molar-refractivity contribution >= 4 is 11.9 Å². The Balaban J connectivity index is 2.29. The molecule has 0 aliphatic heterocycles. The van der Waals surface area contributed by atoms with Crippen molar-refractivity contribution in [2.45, 2.75) is 6.92 Å². The van der Waals surface area contributed by atoms with E-state index in [9.17, 15) is 4.79 Å². The molecule has 110 valence electrons. The van der Waals surface area contributed by atoms with Crippen molar-refractivity contribution in [3.05, 3.63) is 47.3 Å². The van der Waals surface area contributed by atoms with E-state index in [1.807, 2.05) is 14.0 Å². The number of aryl methyl sites for hydroxylation is 1. The maximum atomic E-state index is 12.3. The molecule has 0 radical (unpaired) electrons. The van der Waals surface area contributed by atoms with Gasteiger partial charge in [-0.2, -0.15) is 5.10 Å². The Morgan fingerprint density at radius 2 is 2.05 bits per heavy atom. The predicted molar refractivity (Wildman–Crippen MR) is 80.9 cm³/mol. The first kappa shape index (κ1) is 14.8. The summed E-state index contributed by atoms with van der Waals surface area (Å²) in [6.07, 6.45) is 4.99. The number of carbonyl (C=O) groups excluding carboxylic acids is 1. The molecule has 0 amide bonds. The lowest BCUT2D eigenvalue weighted by Crippen LogP contribution is -2.00. The standard InChI is InChI=1S/C16H18N2O3/c1-11-12(10-17-18(11)2)5-7-15(19)14-9-13(20-3)6-8-16(14)21-4/h5-10H,1-4H3. The van der Waals surface area contributed by atoms with Crippen LogP contribution in [0.25, 0.3) is 6.08 Å². The molecule has 1 heterocycles. The van der Waals surface area contributed by atoms with Crippen LogP contribution in [-0.4, -0.2) is 29.8 Å². The molecule has 0 spiro atoms. The fourth-order valence-electron chi connectivity index (χ4n) is 1.94. The lowest BCUT2D eigenvalue weighted by molar-refractivity contribution is 0.104. The van der Waals surface area contributed by atoms with Gasteiger partial charge in [0.05, 0.1) is 26.0 Å². The van der Waals surface area contributed by atoms with Gasteiger partial charge in [-0.1, -0.05) is 0 Å². The van der Waals surface area contributed by atoms with Crippen LogP contribution in [0.4, 0.5) is 0 Å². The highest BCUT2D eigenvalue weighted by Crippen LogP contribution is 2.25. The van der Waals surface area contributed by atoms with E-state index >= 15 is 0 Å². The number of carbonyl (C=O) groups is 1. The Morgan fingerprint density at radius 3 is 2.62 bits per heavy atom. The van der Waals surface area contributed by atoms with E-state index in [0.29, 0.717) is 17.1 Å². The lowest BCUT2D eigenvalue weighted by Gasteiger charge is -2.07. The van der Waals surface area contributed by atoms with Crippen molar-refractivity contribution in [2.75, 3.05) is 14.2 Å². The summed E-state index contributed by atoms with van der Waals surface area (Å²) in [7, 11) is 4.96. The maximum Gasteiger partial charge on any atom is 0.189 e. The second-order valence-electron chi connectivity index (χ2n) is 4.57. The van der Waals surface area contributed by atoms with Crippen LogP contribution >= 0.6 is 0 Å². The first-order valence-corrected chi connectivity index (χ1v) is 6.50. The maximum absolute atomic E-state index is 12.3. The van der Waals surface area contributed by atoms with Crippen LogP contribution in [-0.2, 0) is 7.05 Å². The van der Waals surface area contributed by atoms with Crippen LogP contribution in [0.1, 0.15) is 21.6 Å². The molecule has 0 fully saturated rings. The molecule has 0 atom stereocenters. The van der Waals surface area contributed by atoms with Crippen LogP contribution in [0.15, 0.2) is 30.5 Å². The minimum Gasteiger partial charge on any atom is -0.497 e. The zero-order valence-corrected chi connectivity index (χ0v) is 12.6. The first-order chi connectivity index (χ1) is 10.1. The average Bonchev–Trinajstić information content (AvgIpc) is 2.83. The van der Waals surface area contributed by atoms with Crippen molar-refractivity contribution in [3.8, 4) is 11.5 Å². The molecule has 0 aliphatic rings. The molecule has 21 heavy (non-hydrogen) atoms. The molecule has 0 bridgehead atoms. The Labute approximate surface area is 123 Å². The quantitative estimate of drug-likeness (QED) is 0.626. The van der Waals surface area contributed by atoms with Gasteiger partial charge in [-0.15, -0.1) is 0 Å². The van der Waals surface area contributed by atoms with E-state index in [0.717, 1.165) is 11.3 Å². The molecular formula is C16H18N2O3. The summed E-state index contributed by atoms with van der Waals surface area (Å²) in [4.78, 5) is 12.3. The number of hydrogen-bond donors (Lipinski definition) is 0. The van der Waals surface area contributed by atoms with Gasteiger partial charge in [-0.3, -0.25) is 9.48 Å². The van der Waals surface area contributed by atoms with Crippen LogP contribution in [0.3, 0.4) is 0 Å². The monoisotopic (exact) mass is 286 g/mol. The van der Waals surface area contributed by atoms with Crippen LogP contribution in [0.2, 0.25) is 0 Å². The van der Waals surface area contributed by atoms with Crippen molar-refractivity contribution in [1.29, 1.82) is 0 Å². The van der Waals surface area contributed by atoms with Crippen molar-refractivity contribution in [3.63, 3.8) is 0 Å². The molecule has 0 N–H and O–H groups in total. The topological polar surface area (TPSA) is 53.4 Å². The largest absolute Gasteiger partial charge is 0.497 e. The molecular weight excluding hydrogens is 268 g/mol. The number of aromatic nitrogens is 2. The number of nitrogens with zero attached hydrogens (tertiary/aromatic N) is 2. The SMILES string of the molecule is COc1ccc(OC)c(C(=O)C=Cc2cnn(C)c2C)c1. The van der Waals surface area contributed by atoms with Gasteiger partial charge in [-0.25, -0.2) is 0 Å². The smallest absolute Gasteiger partial charge is 0.189 e. The van der Waals surface area contributed by atoms with Gasteiger partial charge >= 0.3 is 0 Å². The van der Waals surface area contributed by atoms with Gasteiger partial charge < -0.3 is 9.47 Å². The summed E-state index contributed by atoms with van der Waals surface area (Å²) in [5.41, 5.74) is 2.37. The van der Waals surface area contributed by atoms with E-state index in [-0.39, 0.29) is 5.78 Å². The Bertz CT molecular complexity index is 687. The molecule has 1 aromatic heterocycles. The second-order valence-corrected chi connectivity index (χ2v) is 4.57. The highest BCUT2D eigenvalue weighted by molar-refractivity contribution is 6.08. The molecule has 2 aromatic rings.